The molecular formula is C10H15N3S. The van der Waals surface area contributed by atoms with Crippen molar-refractivity contribution in [3.8, 4) is 0 Å². The molecule has 1 aliphatic heterocycles. The van der Waals surface area contributed by atoms with Gasteiger partial charge in [-0.25, -0.2) is 0 Å². The molecule has 0 fully saturated rings. The number of hydrogen-bond acceptors (Lipinski definition) is 4. The van der Waals surface area contributed by atoms with Gasteiger partial charge in [0.2, 0.25) is 0 Å². The Balaban J connectivity index is 2.37. The van der Waals surface area contributed by atoms with Crippen LogP contribution in [-0.4, -0.2) is 6.04 Å². The monoisotopic (exact) mass is 209 g/mol. The summed E-state index contributed by atoms with van der Waals surface area (Å²) in [5.41, 5.74) is 9.15. The Kier molecular flexibility index (Phi) is 2.56. The van der Waals surface area contributed by atoms with Gasteiger partial charge in [-0.2, -0.15) is 0 Å². The Morgan fingerprint density at radius 1 is 1.57 bits per heavy atom. The van der Waals surface area contributed by atoms with E-state index >= 15 is 0 Å². The van der Waals surface area contributed by atoms with E-state index in [0.717, 1.165) is 29.1 Å². The molecule has 5 N–H and O–H groups in total. The van der Waals surface area contributed by atoms with Crippen molar-refractivity contribution < 1.29 is 0 Å². The summed E-state index contributed by atoms with van der Waals surface area (Å²) < 4.78 is 0. The first-order chi connectivity index (χ1) is 6.74. The van der Waals surface area contributed by atoms with Crippen LogP contribution >= 0.6 is 11.9 Å². The van der Waals surface area contributed by atoms with E-state index in [1.54, 1.807) is 0 Å². The highest BCUT2D eigenvalue weighted by Gasteiger charge is 2.21. The van der Waals surface area contributed by atoms with Crippen molar-refractivity contribution in [3.63, 3.8) is 0 Å². The summed E-state index contributed by atoms with van der Waals surface area (Å²) in [5, 5.41) is 8.95. The summed E-state index contributed by atoms with van der Waals surface area (Å²) in [4.78, 5) is 1.04. The van der Waals surface area contributed by atoms with Crippen molar-refractivity contribution in [1.82, 2.24) is 0 Å². The zero-order chi connectivity index (χ0) is 10.1. The zero-order valence-electron chi connectivity index (χ0n) is 8.21. The lowest BCUT2D eigenvalue weighted by Gasteiger charge is -2.08. The number of anilines is 2. The smallest absolute Gasteiger partial charge is 0.0610 e. The predicted octanol–water partition coefficient (Wildman–Crippen LogP) is 1.98. The molecule has 1 atom stereocenters. The number of benzene rings is 1. The first-order valence-electron chi connectivity index (χ1n) is 4.80. The van der Waals surface area contributed by atoms with Gasteiger partial charge < -0.3 is 11.1 Å². The van der Waals surface area contributed by atoms with E-state index in [2.05, 4.69) is 18.3 Å². The summed E-state index contributed by atoms with van der Waals surface area (Å²) in [7, 11) is 0. The SMILES string of the molecule is CCC1Cc2cc(SN)cc(N)c2N1. The van der Waals surface area contributed by atoms with Crippen LogP contribution < -0.4 is 16.2 Å². The quantitative estimate of drug-likeness (QED) is 0.515. The third-order valence-electron chi connectivity index (χ3n) is 2.67. The number of nitrogen functional groups attached to an aromatic ring is 1. The third-order valence-corrected chi connectivity index (χ3v) is 3.18. The lowest BCUT2D eigenvalue weighted by molar-refractivity contribution is 0.723. The van der Waals surface area contributed by atoms with Crippen molar-refractivity contribution in [3.05, 3.63) is 17.7 Å². The molecule has 3 nitrogen and oxygen atoms in total. The van der Waals surface area contributed by atoms with Gasteiger partial charge >= 0.3 is 0 Å². The minimum atomic E-state index is 0.533. The van der Waals surface area contributed by atoms with Crippen LogP contribution in [0, 0.1) is 0 Å². The van der Waals surface area contributed by atoms with Crippen LogP contribution in [0.1, 0.15) is 18.9 Å². The van der Waals surface area contributed by atoms with E-state index < -0.39 is 0 Å². The lowest BCUT2D eigenvalue weighted by atomic mass is 10.1. The van der Waals surface area contributed by atoms with E-state index in [0.29, 0.717) is 6.04 Å². The summed E-state index contributed by atoms with van der Waals surface area (Å²) in [6.45, 7) is 2.18. The van der Waals surface area contributed by atoms with E-state index in [1.165, 1.54) is 17.5 Å². The normalized spacial score (nSPS) is 19.1. The van der Waals surface area contributed by atoms with Crippen LogP contribution in [0.3, 0.4) is 0 Å². The summed E-state index contributed by atoms with van der Waals surface area (Å²) >= 11 is 1.25. The van der Waals surface area contributed by atoms with Crippen LogP contribution in [0.2, 0.25) is 0 Å². The fraction of sp³-hybridized carbons (Fsp3) is 0.400. The third kappa shape index (κ3) is 1.55. The van der Waals surface area contributed by atoms with Gasteiger partial charge in [-0.3, -0.25) is 5.14 Å². The number of nitrogens with two attached hydrogens (primary N) is 2. The summed E-state index contributed by atoms with van der Waals surface area (Å²) in [5.74, 6) is 0. The molecule has 0 bridgehead atoms. The van der Waals surface area contributed by atoms with Gasteiger partial charge in [0.1, 0.15) is 0 Å². The van der Waals surface area contributed by atoms with Crippen molar-refractivity contribution in [1.29, 1.82) is 0 Å². The average molecular weight is 209 g/mol. The van der Waals surface area contributed by atoms with Crippen molar-refractivity contribution in [2.75, 3.05) is 11.1 Å². The van der Waals surface area contributed by atoms with Crippen LogP contribution in [0.5, 0.6) is 0 Å². The maximum Gasteiger partial charge on any atom is 0.0610 e. The van der Waals surface area contributed by atoms with Gasteiger partial charge in [-0.15, -0.1) is 0 Å². The van der Waals surface area contributed by atoms with E-state index in [4.69, 9.17) is 10.9 Å². The topological polar surface area (TPSA) is 64.1 Å². The molecule has 0 radical (unpaired) electrons. The van der Waals surface area contributed by atoms with Gasteiger partial charge in [0, 0.05) is 10.9 Å². The largest absolute Gasteiger partial charge is 0.397 e. The lowest BCUT2D eigenvalue weighted by Crippen LogP contribution is -2.13. The summed E-state index contributed by atoms with van der Waals surface area (Å²) in [6, 6.07) is 4.58. The van der Waals surface area contributed by atoms with E-state index in [9.17, 15) is 0 Å². The van der Waals surface area contributed by atoms with Gasteiger partial charge in [0.05, 0.1) is 11.4 Å². The molecule has 0 aliphatic carbocycles. The minimum absolute atomic E-state index is 0.533. The Bertz CT molecular complexity index is 351. The molecule has 1 unspecified atom stereocenters. The number of fused-ring (bicyclic) bond motifs is 1. The Hall–Kier alpha value is -0.870. The first kappa shape index (κ1) is 9.68. The maximum atomic E-state index is 5.93. The van der Waals surface area contributed by atoms with Crippen LogP contribution in [0.25, 0.3) is 0 Å². The zero-order valence-corrected chi connectivity index (χ0v) is 9.03. The van der Waals surface area contributed by atoms with Gasteiger partial charge in [-0.05, 0) is 42.5 Å². The van der Waals surface area contributed by atoms with Crippen LogP contribution in [0.15, 0.2) is 17.0 Å². The molecule has 2 rings (SSSR count). The van der Waals surface area contributed by atoms with Crippen molar-refractivity contribution in [2.24, 2.45) is 5.14 Å². The van der Waals surface area contributed by atoms with Crippen LogP contribution in [-0.2, 0) is 6.42 Å². The molecule has 0 amide bonds. The molecule has 0 saturated carbocycles. The van der Waals surface area contributed by atoms with Crippen molar-refractivity contribution in [2.45, 2.75) is 30.7 Å². The fourth-order valence-electron chi connectivity index (χ4n) is 1.87. The Labute approximate surface area is 88.4 Å². The van der Waals surface area contributed by atoms with Crippen LogP contribution in [0.4, 0.5) is 11.4 Å². The second-order valence-corrected chi connectivity index (χ2v) is 4.33. The Morgan fingerprint density at radius 3 is 3.00 bits per heavy atom. The molecule has 0 aromatic heterocycles. The summed E-state index contributed by atoms with van der Waals surface area (Å²) in [6.07, 6.45) is 2.18. The standard InChI is InChI=1S/C10H15N3S/c1-2-7-3-6-4-8(14-12)5-9(11)10(6)13-7/h4-5,7,13H,2-3,11-12H2,1H3. The molecule has 1 aromatic rings. The highest BCUT2D eigenvalue weighted by atomic mass is 32.2. The van der Waals surface area contributed by atoms with E-state index in [1.807, 2.05) is 6.07 Å². The second-order valence-electron chi connectivity index (χ2n) is 3.62. The van der Waals surface area contributed by atoms with Gasteiger partial charge in [0.25, 0.3) is 0 Å². The van der Waals surface area contributed by atoms with Crippen molar-refractivity contribution >= 4 is 23.3 Å². The molecule has 0 saturated heterocycles. The number of hydrogen-bond donors (Lipinski definition) is 3. The highest BCUT2D eigenvalue weighted by molar-refractivity contribution is 7.97. The van der Waals surface area contributed by atoms with Gasteiger partial charge in [-0.1, -0.05) is 6.92 Å². The minimum Gasteiger partial charge on any atom is -0.397 e. The Morgan fingerprint density at radius 2 is 2.36 bits per heavy atom. The highest BCUT2D eigenvalue weighted by Crippen LogP contribution is 2.35. The average Bonchev–Trinajstić information content (AvgIpc) is 2.61. The van der Waals surface area contributed by atoms with E-state index in [-0.39, 0.29) is 0 Å². The van der Waals surface area contributed by atoms with Gasteiger partial charge in [0.15, 0.2) is 0 Å². The molecule has 76 valence electrons. The predicted molar refractivity (Wildman–Crippen MR) is 62.3 cm³/mol. The molecular weight excluding hydrogens is 194 g/mol. The number of rotatable bonds is 2. The first-order valence-corrected chi connectivity index (χ1v) is 5.68. The number of nitrogens with one attached hydrogen (secondary N) is 1. The molecule has 4 heteroatoms. The maximum absolute atomic E-state index is 5.93. The molecule has 1 aliphatic rings. The molecule has 14 heavy (non-hydrogen) atoms. The molecule has 1 heterocycles. The molecule has 0 spiro atoms. The molecule has 1 aromatic carbocycles. The fourth-order valence-corrected chi connectivity index (χ4v) is 2.27. The second kappa shape index (κ2) is 3.71.